The Morgan fingerprint density at radius 2 is 1.34 bits per heavy atom. The largest absolute Gasteiger partial charge is 0.424 e. The first-order valence-electron chi connectivity index (χ1n) is 10.2. The highest BCUT2D eigenvalue weighted by atomic mass is 32.3. The molecule has 2 N–H and O–H groups in total. The molecule has 35 heavy (non-hydrogen) atoms. The van der Waals surface area contributed by atoms with Crippen molar-refractivity contribution in [3.63, 3.8) is 0 Å². The SMILES string of the molecule is CC(C)(C)[S+](c1ccc(OS(=O)(=O)NS(=O)(=O)C(F)(F)C(F)(F)CO)c2ccccc12)C(C)(C)C. The van der Waals surface area contributed by atoms with Crippen LogP contribution in [0.3, 0.4) is 0 Å². The fraction of sp³-hybridized carbons (Fsp3) is 0.524. The number of halogens is 4. The van der Waals surface area contributed by atoms with Gasteiger partial charge in [0, 0.05) is 21.7 Å². The van der Waals surface area contributed by atoms with Crippen LogP contribution >= 0.6 is 0 Å². The molecule has 0 saturated heterocycles. The van der Waals surface area contributed by atoms with E-state index in [1.54, 1.807) is 24.3 Å². The predicted octanol–water partition coefficient (Wildman–Crippen LogP) is 4.18. The third-order valence-corrected chi connectivity index (χ3v) is 11.0. The number of alkyl halides is 4. The Morgan fingerprint density at radius 1 is 0.857 bits per heavy atom. The molecule has 7 nitrogen and oxygen atoms in total. The van der Waals surface area contributed by atoms with Crippen molar-refractivity contribution in [3.05, 3.63) is 36.4 Å². The van der Waals surface area contributed by atoms with Crippen LogP contribution in [-0.4, -0.2) is 49.2 Å². The molecule has 14 heteroatoms. The van der Waals surface area contributed by atoms with E-state index in [2.05, 4.69) is 41.5 Å². The molecule has 0 aliphatic carbocycles. The molecular weight excluding hydrogens is 534 g/mol. The summed E-state index contributed by atoms with van der Waals surface area (Å²) in [7, 11) is -12.5. The number of fused-ring (bicyclic) bond motifs is 1. The number of hydrogen-bond acceptors (Lipinski definition) is 6. The van der Waals surface area contributed by atoms with Gasteiger partial charge >= 0.3 is 21.5 Å². The van der Waals surface area contributed by atoms with Crippen LogP contribution in [0, 0.1) is 0 Å². The van der Waals surface area contributed by atoms with E-state index < -0.39 is 43.9 Å². The van der Waals surface area contributed by atoms with E-state index in [1.807, 2.05) is 0 Å². The lowest BCUT2D eigenvalue weighted by molar-refractivity contribution is -0.178. The monoisotopic (exact) mass is 562 g/mol. The number of aliphatic hydroxyl groups excluding tert-OH is 1. The number of aliphatic hydroxyl groups is 1. The maximum atomic E-state index is 13.8. The van der Waals surface area contributed by atoms with Crippen molar-refractivity contribution in [2.45, 2.75) is 67.1 Å². The molecule has 0 aliphatic rings. The molecule has 0 amide bonds. The maximum absolute atomic E-state index is 13.8. The van der Waals surface area contributed by atoms with Crippen molar-refractivity contribution in [3.8, 4) is 5.75 Å². The molecular formula is C21H28F4NO6S3+. The second-order valence-corrected chi connectivity index (χ2v) is 16.4. The highest BCUT2D eigenvalue weighted by Gasteiger charge is 2.66. The van der Waals surface area contributed by atoms with Gasteiger partial charge in [-0.25, -0.2) is 8.42 Å². The number of sulfonamides is 1. The Labute approximate surface area is 205 Å². The number of nitrogens with one attached hydrogen (secondary N) is 1. The summed E-state index contributed by atoms with van der Waals surface area (Å²) in [6, 6.07) is 9.34. The Kier molecular flexibility index (Phi) is 7.92. The molecule has 2 aromatic carbocycles. The molecule has 0 unspecified atom stereocenters. The molecule has 0 atom stereocenters. The maximum Gasteiger partial charge on any atom is 0.424 e. The Bertz CT molecular complexity index is 1290. The molecule has 0 bridgehead atoms. The zero-order valence-corrected chi connectivity index (χ0v) is 22.3. The van der Waals surface area contributed by atoms with Gasteiger partial charge in [-0.3, -0.25) is 0 Å². The van der Waals surface area contributed by atoms with Crippen molar-refractivity contribution in [1.82, 2.24) is 4.13 Å². The summed E-state index contributed by atoms with van der Waals surface area (Å²) >= 11 is 0. The quantitative estimate of drug-likeness (QED) is 0.369. The van der Waals surface area contributed by atoms with Gasteiger partial charge in [-0.1, -0.05) is 22.3 Å². The Hall–Kier alpha value is -1.61. The van der Waals surface area contributed by atoms with Crippen LogP contribution in [-0.2, 0) is 31.2 Å². The third kappa shape index (κ3) is 6.04. The minimum atomic E-state index is -6.53. The first-order chi connectivity index (χ1) is 15.6. The minimum absolute atomic E-state index is 0.200. The van der Waals surface area contributed by atoms with Crippen molar-refractivity contribution in [2.24, 2.45) is 0 Å². The van der Waals surface area contributed by atoms with Crippen LogP contribution in [0.2, 0.25) is 0 Å². The summed E-state index contributed by atoms with van der Waals surface area (Å²) < 4.78 is 107. The normalized spacial score (nSPS) is 14.5. The van der Waals surface area contributed by atoms with Crippen molar-refractivity contribution in [2.75, 3.05) is 6.61 Å². The fourth-order valence-electron chi connectivity index (χ4n) is 3.68. The molecule has 0 spiro atoms. The summed E-state index contributed by atoms with van der Waals surface area (Å²) in [6.07, 6.45) is 0. The first-order valence-corrected chi connectivity index (χ1v) is 14.3. The van der Waals surface area contributed by atoms with Crippen molar-refractivity contribution >= 4 is 42.0 Å². The lowest BCUT2D eigenvalue weighted by atomic mass is 10.1. The molecule has 0 aliphatic heterocycles. The van der Waals surface area contributed by atoms with Gasteiger partial charge in [-0.05, 0) is 59.7 Å². The van der Waals surface area contributed by atoms with Crippen molar-refractivity contribution in [1.29, 1.82) is 0 Å². The van der Waals surface area contributed by atoms with Crippen LogP contribution in [0.25, 0.3) is 10.8 Å². The van der Waals surface area contributed by atoms with Gasteiger partial charge in [0.15, 0.2) is 10.6 Å². The standard InChI is InChI=1S/C21H28F4NO6S3/c1-18(2,3)33(19(4,5)6)17-12-11-16(14-9-7-8-10-15(14)17)32-35(30,31)26-34(28,29)21(24,25)20(22,23)13-27/h7-12,26-27H,13H2,1-6H3/q+1. The first kappa shape index (κ1) is 29.6. The lowest BCUT2D eigenvalue weighted by Crippen LogP contribution is -2.55. The number of benzene rings is 2. The van der Waals surface area contributed by atoms with E-state index in [4.69, 9.17) is 9.29 Å². The number of rotatable bonds is 8. The molecule has 0 aromatic heterocycles. The predicted molar refractivity (Wildman–Crippen MR) is 128 cm³/mol. The molecule has 2 rings (SSSR count). The van der Waals surface area contributed by atoms with Gasteiger partial charge in [0.2, 0.25) is 0 Å². The molecule has 198 valence electrons. The van der Waals surface area contributed by atoms with E-state index >= 15 is 0 Å². The zero-order valence-electron chi connectivity index (χ0n) is 19.9. The molecule has 0 saturated carbocycles. The van der Waals surface area contributed by atoms with Crippen LogP contribution in [0.4, 0.5) is 17.6 Å². The summed E-state index contributed by atoms with van der Waals surface area (Å²) in [6.45, 7) is 9.82. The zero-order chi connectivity index (χ0) is 27.3. The summed E-state index contributed by atoms with van der Waals surface area (Å²) in [5.41, 5.74) is 0. The molecule has 0 radical (unpaired) electrons. The smallest absolute Gasteiger partial charge is 0.390 e. The van der Waals surface area contributed by atoms with Crippen LogP contribution < -0.4 is 8.31 Å². The minimum Gasteiger partial charge on any atom is -0.390 e. The second kappa shape index (κ2) is 9.36. The van der Waals surface area contributed by atoms with E-state index in [0.29, 0.717) is 9.51 Å². The van der Waals surface area contributed by atoms with E-state index in [1.165, 1.54) is 12.1 Å². The fourth-order valence-corrected chi connectivity index (χ4v) is 9.91. The molecule has 2 aromatic rings. The average molecular weight is 563 g/mol. The Balaban J connectivity index is 2.57. The molecule has 0 fully saturated rings. The van der Waals surface area contributed by atoms with Crippen LogP contribution in [0.5, 0.6) is 5.75 Å². The second-order valence-electron chi connectivity index (χ2n) is 9.64. The van der Waals surface area contributed by atoms with Gasteiger partial charge in [-0.2, -0.15) is 26.0 Å². The highest BCUT2D eigenvalue weighted by molar-refractivity contribution is 8.03. The summed E-state index contributed by atoms with van der Waals surface area (Å²) in [5.74, 6) is -5.84. The average Bonchev–Trinajstić information content (AvgIpc) is 2.66. The van der Waals surface area contributed by atoms with Gasteiger partial charge in [-0.15, -0.1) is 0 Å². The molecule has 0 heterocycles. The highest BCUT2D eigenvalue weighted by Crippen LogP contribution is 2.43. The topological polar surface area (TPSA) is 110 Å². The van der Waals surface area contributed by atoms with Gasteiger partial charge in [0.25, 0.3) is 10.0 Å². The van der Waals surface area contributed by atoms with Gasteiger partial charge < -0.3 is 9.29 Å². The van der Waals surface area contributed by atoms with Crippen molar-refractivity contribution < 1.29 is 43.7 Å². The van der Waals surface area contributed by atoms with E-state index in [0.717, 1.165) is 4.90 Å². The van der Waals surface area contributed by atoms with Gasteiger partial charge in [0.05, 0.1) is 0 Å². The van der Waals surface area contributed by atoms with Gasteiger partial charge in [0.1, 0.15) is 16.1 Å². The van der Waals surface area contributed by atoms with E-state index in [9.17, 15) is 34.4 Å². The lowest BCUT2D eigenvalue weighted by Gasteiger charge is -2.32. The van der Waals surface area contributed by atoms with E-state index in [-0.39, 0.29) is 25.8 Å². The third-order valence-electron chi connectivity index (χ3n) is 4.66. The van der Waals surface area contributed by atoms with Crippen LogP contribution in [0.15, 0.2) is 41.3 Å². The summed E-state index contributed by atoms with van der Waals surface area (Å²) in [5, 5.41) is 3.32. The van der Waals surface area contributed by atoms with Crippen LogP contribution in [0.1, 0.15) is 41.5 Å². The summed E-state index contributed by atoms with van der Waals surface area (Å²) in [4.78, 5) is 0.875. The number of hydrogen-bond donors (Lipinski definition) is 2. The Morgan fingerprint density at radius 3 is 1.80 bits per heavy atom.